The van der Waals surface area contributed by atoms with E-state index in [-0.39, 0.29) is 11.9 Å². The SMILES string of the molecule is CC(C)=CCN1CCC(NC(=O)c2cc(-c3ccco3)nc3ccccc23)CC1. The van der Waals surface area contributed by atoms with Crippen molar-refractivity contribution in [2.75, 3.05) is 19.6 Å². The third kappa shape index (κ3) is 4.57. The van der Waals surface area contributed by atoms with Gasteiger partial charge in [-0.1, -0.05) is 29.8 Å². The second-order valence-corrected chi connectivity index (χ2v) is 7.88. The number of amides is 1. The van der Waals surface area contributed by atoms with E-state index in [1.54, 1.807) is 6.26 Å². The first-order valence-corrected chi connectivity index (χ1v) is 10.2. The van der Waals surface area contributed by atoms with Gasteiger partial charge < -0.3 is 9.73 Å². The van der Waals surface area contributed by atoms with Gasteiger partial charge in [0.1, 0.15) is 5.69 Å². The van der Waals surface area contributed by atoms with Gasteiger partial charge in [-0.15, -0.1) is 0 Å². The fraction of sp³-hybridized carbons (Fsp3) is 0.333. The molecule has 0 saturated carbocycles. The van der Waals surface area contributed by atoms with Crippen LogP contribution in [0.15, 0.2) is 64.8 Å². The summed E-state index contributed by atoms with van der Waals surface area (Å²) in [5, 5.41) is 4.11. The van der Waals surface area contributed by atoms with Crippen LogP contribution in [0, 0.1) is 0 Å². The molecule has 0 aliphatic carbocycles. The first-order valence-electron chi connectivity index (χ1n) is 10.2. The summed E-state index contributed by atoms with van der Waals surface area (Å²) in [6.07, 6.45) is 5.82. The molecule has 2 aromatic heterocycles. The summed E-state index contributed by atoms with van der Waals surface area (Å²) in [6.45, 7) is 7.25. The lowest BCUT2D eigenvalue weighted by molar-refractivity contribution is 0.0915. The average Bonchev–Trinajstić information content (AvgIpc) is 3.27. The number of carbonyl (C=O) groups is 1. The molecule has 3 aromatic rings. The summed E-state index contributed by atoms with van der Waals surface area (Å²) in [6, 6.07) is 13.5. The third-order valence-electron chi connectivity index (χ3n) is 5.41. The Morgan fingerprint density at radius 1 is 1.21 bits per heavy atom. The van der Waals surface area contributed by atoms with Crippen LogP contribution in [0.2, 0.25) is 0 Å². The minimum absolute atomic E-state index is 0.0424. The lowest BCUT2D eigenvalue weighted by atomic mass is 10.0. The molecule has 3 heterocycles. The zero-order valence-corrected chi connectivity index (χ0v) is 17.0. The molecule has 1 fully saturated rings. The number of para-hydroxylation sites is 1. The molecular weight excluding hydrogens is 362 g/mol. The Morgan fingerprint density at radius 2 is 2.00 bits per heavy atom. The van der Waals surface area contributed by atoms with Crippen LogP contribution in [-0.4, -0.2) is 41.5 Å². The van der Waals surface area contributed by atoms with Crippen LogP contribution in [0.3, 0.4) is 0 Å². The molecule has 1 aliphatic rings. The van der Waals surface area contributed by atoms with Gasteiger partial charge in [0, 0.05) is 31.1 Å². The van der Waals surface area contributed by atoms with Crippen molar-refractivity contribution < 1.29 is 9.21 Å². The maximum atomic E-state index is 13.2. The second kappa shape index (κ2) is 8.62. The van der Waals surface area contributed by atoms with Crippen molar-refractivity contribution in [1.82, 2.24) is 15.2 Å². The molecule has 1 aliphatic heterocycles. The van der Waals surface area contributed by atoms with E-state index in [1.807, 2.05) is 42.5 Å². The minimum atomic E-state index is -0.0424. The van der Waals surface area contributed by atoms with Crippen molar-refractivity contribution >= 4 is 16.8 Å². The minimum Gasteiger partial charge on any atom is -0.463 e. The van der Waals surface area contributed by atoms with Crippen molar-refractivity contribution in [3.8, 4) is 11.5 Å². The first kappa shape index (κ1) is 19.4. The van der Waals surface area contributed by atoms with Gasteiger partial charge in [-0.25, -0.2) is 4.98 Å². The molecule has 0 spiro atoms. The quantitative estimate of drug-likeness (QED) is 0.645. The van der Waals surface area contributed by atoms with E-state index >= 15 is 0 Å². The Labute approximate surface area is 171 Å². The van der Waals surface area contributed by atoms with E-state index in [1.165, 1.54) is 5.57 Å². The molecule has 1 N–H and O–H groups in total. The van der Waals surface area contributed by atoms with E-state index in [0.717, 1.165) is 43.4 Å². The summed E-state index contributed by atoms with van der Waals surface area (Å²) in [5.41, 5.74) is 3.46. The number of rotatable bonds is 5. The first-order chi connectivity index (χ1) is 14.1. The van der Waals surface area contributed by atoms with Crippen LogP contribution < -0.4 is 5.32 Å². The zero-order valence-electron chi connectivity index (χ0n) is 17.0. The van der Waals surface area contributed by atoms with Gasteiger partial charge in [-0.2, -0.15) is 0 Å². The lowest BCUT2D eigenvalue weighted by Crippen LogP contribution is -2.44. The van der Waals surface area contributed by atoms with Gasteiger partial charge >= 0.3 is 0 Å². The van der Waals surface area contributed by atoms with E-state index in [0.29, 0.717) is 17.0 Å². The van der Waals surface area contributed by atoms with Gasteiger partial charge in [0.15, 0.2) is 5.76 Å². The monoisotopic (exact) mass is 389 g/mol. The highest BCUT2D eigenvalue weighted by Crippen LogP contribution is 2.25. The molecule has 0 unspecified atom stereocenters. The molecule has 5 nitrogen and oxygen atoms in total. The van der Waals surface area contributed by atoms with Crippen LogP contribution in [-0.2, 0) is 0 Å². The Hall–Kier alpha value is -2.92. The number of nitrogens with one attached hydrogen (secondary N) is 1. The predicted octanol–water partition coefficient (Wildman–Crippen LogP) is 4.66. The molecule has 4 rings (SSSR count). The molecule has 150 valence electrons. The van der Waals surface area contributed by atoms with E-state index in [4.69, 9.17) is 4.42 Å². The summed E-state index contributed by atoms with van der Waals surface area (Å²) >= 11 is 0. The van der Waals surface area contributed by atoms with Crippen molar-refractivity contribution in [2.24, 2.45) is 0 Å². The molecule has 1 saturated heterocycles. The maximum Gasteiger partial charge on any atom is 0.252 e. The predicted molar refractivity (Wildman–Crippen MR) is 116 cm³/mol. The van der Waals surface area contributed by atoms with Crippen LogP contribution in [0.4, 0.5) is 0 Å². The summed E-state index contributed by atoms with van der Waals surface area (Å²) < 4.78 is 5.50. The Morgan fingerprint density at radius 3 is 2.72 bits per heavy atom. The number of aromatic nitrogens is 1. The number of fused-ring (bicyclic) bond motifs is 1. The number of pyridine rings is 1. The molecular formula is C24H27N3O2. The highest BCUT2D eigenvalue weighted by Gasteiger charge is 2.22. The summed E-state index contributed by atoms with van der Waals surface area (Å²) in [5.74, 6) is 0.622. The van der Waals surface area contributed by atoms with E-state index in [9.17, 15) is 4.79 Å². The van der Waals surface area contributed by atoms with Crippen LogP contribution >= 0.6 is 0 Å². The Kier molecular flexibility index (Phi) is 5.76. The van der Waals surface area contributed by atoms with Gasteiger partial charge in [-0.05, 0) is 51.0 Å². The average molecular weight is 389 g/mol. The third-order valence-corrected chi connectivity index (χ3v) is 5.41. The van der Waals surface area contributed by atoms with E-state index < -0.39 is 0 Å². The molecule has 0 radical (unpaired) electrons. The number of hydrogen-bond acceptors (Lipinski definition) is 4. The van der Waals surface area contributed by atoms with Gasteiger partial charge in [0.2, 0.25) is 0 Å². The van der Waals surface area contributed by atoms with Gasteiger partial charge in [-0.3, -0.25) is 9.69 Å². The number of benzene rings is 1. The lowest BCUT2D eigenvalue weighted by Gasteiger charge is -2.31. The van der Waals surface area contributed by atoms with Crippen molar-refractivity contribution in [2.45, 2.75) is 32.7 Å². The molecule has 29 heavy (non-hydrogen) atoms. The summed E-state index contributed by atoms with van der Waals surface area (Å²) in [7, 11) is 0. The van der Waals surface area contributed by atoms with Crippen molar-refractivity contribution in [3.05, 3.63) is 65.9 Å². The Balaban J connectivity index is 1.51. The zero-order chi connectivity index (χ0) is 20.2. The van der Waals surface area contributed by atoms with Gasteiger partial charge in [0.25, 0.3) is 5.91 Å². The standard InChI is InChI=1S/C24H27N3O2/c1-17(2)9-12-27-13-10-18(11-14-27)25-24(28)20-16-22(23-8-5-15-29-23)26-21-7-4-3-6-19(20)21/h3-9,15-16,18H,10-14H2,1-2H3,(H,25,28). The molecule has 5 heteroatoms. The number of likely N-dealkylation sites (tertiary alicyclic amines) is 1. The fourth-order valence-corrected chi connectivity index (χ4v) is 3.75. The number of carbonyl (C=O) groups excluding carboxylic acids is 1. The maximum absolute atomic E-state index is 13.2. The fourth-order valence-electron chi connectivity index (χ4n) is 3.75. The molecule has 0 bridgehead atoms. The summed E-state index contributed by atoms with van der Waals surface area (Å²) in [4.78, 5) is 20.3. The normalized spacial score (nSPS) is 15.4. The highest BCUT2D eigenvalue weighted by molar-refractivity contribution is 6.07. The number of piperidine rings is 1. The van der Waals surface area contributed by atoms with E-state index in [2.05, 4.69) is 35.1 Å². The molecule has 1 aromatic carbocycles. The number of allylic oxidation sites excluding steroid dienone is 1. The Bertz CT molecular complexity index is 1010. The highest BCUT2D eigenvalue weighted by atomic mass is 16.3. The largest absolute Gasteiger partial charge is 0.463 e. The van der Waals surface area contributed by atoms with Crippen molar-refractivity contribution in [3.63, 3.8) is 0 Å². The van der Waals surface area contributed by atoms with Gasteiger partial charge in [0.05, 0.1) is 17.3 Å². The second-order valence-electron chi connectivity index (χ2n) is 7.88. The topological polar surface area (TPSA) is 58.4 Å². The van der Waals surface area contributed by atoms with Crippen LogP contribution in [0.5, 0.6) is 0 Å². The van der Waals surface area contributed by atoms with Crippen LogP contribution in [0.1, 0.15) is 37.0 Å². The smallest absolute Gasteiger partial charge is 0.252 e. The van der Waals surface area contributed by atoms with Crippen LogP contribution in [0.25, 0.3) is 22.4 Å². The number of nitrogens with zero attached hydrogens (tertiary/aromatic N) is 2. The number of furan rings is 1. The number of hydrogen-bond donors (Lipinski definition) is 1. The molecule has 0 atom stereocenters. The molecule has 1 amide bonds. The van der Waals surface area contributed by atoms with Crippen molar-refractivity contribution in [1.29, 1.82) is 0 Å².